The van der Waals surface area contributed by atoms with E-state index in [0.29, 0.717) is 15.9 Å². The summed E-state index contributed by atoms with van der Waals surface area (Å²) in [5.74, 6) is 0.636. The minimum Gasteiger partial charge on any atom is -0.389 e. The van der Waals surface area contributed by atoms with Gasteiger partial charge in [-0.2, -0.15) is 0 Å². The molecule has 0 amide bonds. The first kappa shape index (κ1) is 13.6. The third-order valence-electron chi connectivity index (χ3n) is 3.18. The van der Waals surface area contributed by atoms with E-state index in [1.54, 1.807) is 6.07 Å². The number of benzene rings is 1. The van der Waals surface area contributed by atoms with E-state index in [1.807, 2.05) is 12.1 Å². The fourth-order valence-electron chi connectivity index (χ4n) is 2.13. The summed E-state index contributed by atoms with van der Waals surface area (Å²) < 4.78 is 5.34. The van der Waals surface area contributed by atoms with Gasteiger partial charge in [0.25, 0.3) is 0 Å². The largest absolute Gasteiger partial charge is 0.389 e. The SMILES string of the molecule is NC(=S)c1c(Cl)cccc1NCC1CCOCC1. The second-order valence-corrected chi connectivity index (χ2v) is 5.31. The van der Waals surface area contributed by atoms with Crippen molar-refractivity contribution in [2.24, 2.45) is 11.7 Å². The first-order chi connectivity index (χ1) is 8.68. The Bertz CT molecular complexity index is 433. The number of nitrogens with two attached hydrogens (primary N) is 1. The maximum absolute atomic E-state index is 6.12. The summed E-state index contributed by atoms with van der Waals surface area (Å²) >= 11 is 11.2. The number of hydrogen-bond acceptors (Lipinski definition) is 3. The highest BCUT2D eigenvalue weighted by atomic mass is 35.5. The first-order valence-corrected chi connectivity index (χ1v) is 6.87. The van der Waals surface area contributed by atoms with Crippen molar-refractivity contribution < 1.29 is 4.74 Å². The Morgan fingerprint density at radius 1 is 1.44 bits per heavy atom. The van der Waals surface area contributed by atoms with Gasteiger partial charge in [-0.3, -0.25) is 0 Å². The predicted octanol–water partition coefficient (Wildman–Crippen LogP) is 2.81. The number of thiocarbonyl (C=S) groups is 1. The maximum atomic E-state index is 6.12. The molecule has 0 aromatic heterocycles. The van der Waals surface area contributed by atoms with Crippen LogP contribution in [0.2, 0.25) is 5.02 Å². The lowest BCUT2D eigenvalue weighted by molar-refractivity contribution is 0.0699. The summed E-state index contributed by atoms with van der Waals surface area (Å²) in [7, 11) is 0. The van der Waals surface area contributed by atoms with Gasteiger partial charge in [-0.05, 0) is 30.9 Å². The monoisotopic (exact) mass is 284 g/mol. The van der Waals surface area contributed by atoms with Crippen molar-refractivity contribution in [3.8, 4) is 0 Å². The highest BCUT2D eigenvalue weighted by Crippen LogP contribution is 2.25. The molecule has 3 N–H and O–H groups in total. The average Bonchev–Trinajstić information content (AvgIpc) is 2.37. The van der Waals surface area contributed by atoms with Crippen LogP contribution < -0.4 is 11.1 Å². The average molecular weight is 285 g/mol. The third kappa shape index (κ3) is 3.34. The summed E-state index contributed by atoms with van der Waals surface area (Å²) in [6, 6.07) is 5.66. The lowest BCUT2D eigenvalue weighted by atomic mass is 10.00. The zero-order chi connectivity index (χ0) is 13.0. The van der Waals surface area contributed by atoms with E-state index in [4.69, 9.17) is 34.3 Å². The van der Waals surface area contributed by atoms with Crippen LogP contribution in [0.4, 0.5) is 5.69 Å². The summed E-state index contributed by atoms with van der Waals surface area (Å²) in [5.41, 5.74) is 7.37. The second kappa shape index (κ2) is 6.36. The van der Waals surface area contributed by atoms with Gasteiger partial charge in [0, 0.05) is 25.4 Å². The van der Waals surface area contributed by atoms with Crippen LogP contribution in [-0.2, 0) is 4.74 Å². The van der Waals surface area contributed by atoms with Crippen molar-refractivity contribution in [2.45, 2.75) is 12.8 Å². The summed E-state index contributed by atoms with van der Waals surface area (Å²) in [4.78, 5) is 0.329. The smallest absolute Gasteiger partial charge is 0.107 e. The molecule has 1 aromatic rings. The van der Waals surface area contributed by atoms with Crippen molar-refractivity contribution in [3.05, 3.63) is 28.8 Å². The van der Waals surface area contributed by atoms with Crippen LogP contribution in [-0.4, -0.2) is 24.7 Å². The molecule has 1 aromatic carbocycles. The van der Waals surface area contributed by atoms with Crippen molar-refractivity contribution in [2.75, 3.05) is 25.1 Å². The summed E-state index contributed by atoms with van der Waals surface area (Å²) in [6.07, 6.45) is 2.19. The molecule has 1 fully saturated rings. The number of ether oxygens (including phenoxy) is 1. The van der Waals surface area contributed by atoms with E-state index in [9.17, 15) is 0 Å². The topological polar surface area (TPSA) is 47.3 Å². The Morgan fingerprint density at radius 2 is 2.17 bits per heavy atom. The van der Waals surface area contributed by atoms with Gasteiger partial charge >= 0.3 is 0 Å². The van der Waals surface area contributed by atoms with Gasteiger partial charge in [-0.25, -0.2) is 0 Å². The molecule has 1 aliphatic rings. The Kier molecular flexibility index (Phi) is 4.80. The number of halogens is 1. The predicted molar refractivity (Wildman–Crippen MR) is 79.4 cm³/mol. The van der Waals surface area contributed by atoms with E-state index in [1.165, 1.54) is 0 Å². The Morgan fingerprint density at radius 3 is 2.83 bits per heavy atom. The zero-order valence-corrected chi connectivity index (χ0v) is 11.7. The molecule has 0 bridgehead atoms. The van der Waals surface area contributed by atoms with Crippen molar-refractivity contribution >= 4 is 34.5 Å². The van der Waals surface area contributed by atoms with E-state index >= 15 is 0 Å². The van der Waals surface area contributed by atoms with Crippen LogP contribution in [0.25, 0.3) is 0 Å². The molecule has 1 heterocycles. The standard InChI is InChI=1S/C13H17ClN2OS/c14-10-2-1-3-11(12(10)13(15)18)16-8-9-4-6-17-7-5-9/h1-3,9,16H,4-8H2,(H2,15,18). The van der Waals surface area contributed by atoms with Crippen LogP contribution in [0, 0.1) is 5.92 Å². The van der Waals surface area contributed by atoms with Gasteiger partial charge < -0.3 is 15.8 Å². The van der Waals surface area contributed by atoms with Gasteiger partial charge in [0.05, 0.1) is 10.6 Å². The van der Waals surface area contributed by atoms with Crippen LogP contribution in [0.1, 0.15) is 18.4 Å². The van der Waals surface area contributed by atoms with Crippen LogP contribution >= 0.6 is 23.8 Å². The molecule has 98 valence electrons. The van der Waals surface area contributed by atoms with Crippen LogP contribution in [0.3, 0.4) is 0 Å². The fraction of sp³-hybridized carbons (Fsp3) is 0.462. The number of hydrogen-bond donors (Lipinski definition) is 2. The second-order valence-electron chi connectivity index (χ2n) is 4.46. The molecule has 0 aliphatic carbocycles. The van der Waals surface area contributed by atoms with Gasteiger partial charge in [0.2, 0.25) is 0 Å². The molecule has 0 atom stereocenters. The molecular weight excluding hydrogens is 268 g/mol. The minimum absolute atomic E-state index is 0.329. The van der Waals surface area contributed by atoms with Crippen molar-refractivity contribution in [1.82, 2.24) is 0 Å². The first-order valence-electron chi connectivity index (χ1n) is 6.08. The molecular formula is C13H17ClN2OS. The van der Waals surface area contributed by atoms with E-state index in [2.05, 4.69) is 5.32 Å². The fourth-order valence-corrected chi connectivity index (χ4v) is 2.68. The highest BCUT2D eigenvalue weighted by molar-refractivity contribution is 7.80. The van der Waals surface area contributed by atoms with Crippen molar-refractivity contribution in [1.29, 1.82) is 0 Å². The number of anilines is 1. The Balaban J connectivity index is 2.04. The number of nitrogens with one attached hydrogen (secondary N) is 1. The summed E-state index contributed by atoms with van der Waals surface area (Å²) in [6.45, 7) is 2.60. The normalized spacial score (nSPS) is 16.5. The van der Waals surface area contributed by atoms with Gasteiger partial charge in [-0.1, -0.05) is 29.9 Å². The molecule has 3 nitrogen and oxygen atoms in total. The molecule has 0 unspecified atom stereocenters. The molecule has 2 rings (SSSR count). The zero-order valence-electron chi connectivity index (χ0n) is 10.1. The quantitative estimate of drug-likeness (QED) is 0.835. The van der Waals surface area contributed by atoms with Crippen LogP contribution in [0.5, 0.6) is 0 Å². The number of rotatable bonds is 4. The summed E-state index contributed by atoms with van der Waals surface area (Å²) in [5, 5.41) is 3.99. The van der Waals surface area contributed by atoms with Crippen LogP contribution in [0.15, 0.2) is 18.2 Å². The molecule has 0 saturated carbocycles. The van der Waals surface area contributed by atoms with E-state index < -0.39 is 0 Å². The molecule has 1 aliphatic heterocycles. The molecule has 1 saturated heterocycles. The van der Waals surface area contributed by atoms with Gasteiger partial charge in [0.1, 0.15) is 4.99 Å². The lowest BCUT2D eigenvalue weighted by Gasteiger charge is -2.23. The Labute approximate surface area is 118 Å². The lowest BCUT2D eigenvalue weighted by Crippen LogP contribution is -2.23. The minimum atomic E-state index is 0.329. The molecule has 0 radical (unpaired) electrons. The molecule has 18 heavy (non-hydrogen) atoms. The van der Waals surface area contributed by atoms with Crippen molar-refractivity contribution in [3.63, 3.8) is 0 Å². The third-order valence-corrected chi connectivity index (χ3v) is 3.70. The molecule has 5 heteroatoms. The van der Waals surface area contributed by atoms with E-state index in [0.717, 1.165) is 43.9 Å². The highest BCUT2D eigenvalue weighted by Gasteiger charge is 2.15. The molecule has 0 spiro atoms. The maximum Gasteiger partial charge on any atom is 0.107 e. The van der Waals surface area contributed by atoms with Gasteiger partial charge in [0.15, 0.2) is 0 Å². The van der Waals surface area contributed by atoms with E-state index in [-0.39, 0.29) is 0 Å². The Hall–Kier alpha value is -0.840. The van der Waals surface area contributed by atoms with Gasteiger partial charge in [-0.15, -0.1) is 0 Å².